The second-order valence-corrected chi connectivity index (χ2v) is 19.7. The molecule has 35 heavy (non-hydrogen) atoms. The van der Waals surface area contributed by atoms with E-state index in [-0.39, 0.29) is 0 Å². The Morgan fingerprint density at radius 1 is 0.400 bits per heavy atom. The van der Waals surface area contributed by atoms with Crippen molar-refractivity contribution in [1.82, 2.24) is 0 Å². The highest BCUT2D eigenvalue weighted by atomic mass is 28.5. The van der Waals surface area contributed by atoms with Gasteiger partial charge in [0.25, 0.3) is 0 Å². The maximum atomic E-state index is 7.68. The molecule has 7 heteroatoms. The third-order valence-corrected chi connectivity index (χ3v) is 17.8. The number of benzene rings is 4. The van der Waals surface area contributed by atoms with Crippen molar-refractivity contribution in [2.45, 2.75) is 26.2 Å². The Balaban J connectivity index is 2.05. The lowest BCUT2D eigenvalue weighted by atomic mass is 10.4. The molecule has 4 aromatic rings. The predicted molar refractivity (Wildman–Crippen MR) is 154 cm³/mol. The van der Waals surface area contributed by atoms with Gasteiger partial charge in [-0.3, -0.25) is 0 Å². The van der Waals surface area contributed by atoms with Crippen LogP contribution in [0.3, 0.4) is 0 Å². The first-order chi connectivity index (χ1) is 17.0. The van der Waals surface area contributed by atoms with Gasteiger partial charge in [0.1, 0.15) is 0 Å². The normalized spacial score (nSPS) is 12.3. The molecule has 0 aliphatic heterocycles. The van der Waals surface area contributed by atoms with Crippen molar-refractivity contribution >= 4 is 55.9 Å². The summed E-state index contributed by atoms with van der Waals surface area (Å²) in [6.07, 6.45) is 0. The topological polar surface area (TPSA) is 27.7 Å². The molecule has 3 nitrogen and oxygen atoms in total. The lowest BCUT2D eigenvalue weighted by molar-refractivity contribution is 0.365. The van der Waals surface area contributed by atoms with E-state index in [2.05, 4.69) is 123 Å². The van der Waals surface area contributed by atoms with Crippen molar-refractivity contribution in [2.24, 2.45) is 0 Å². The fraction of sp³-hybridized carbons (Fsp3) is 0.143. The highest BCUT2D eigenvalue weighted by molar-refractivity contribution is 7.07. The summed E-state index contributed by atoms with van der Waals surface area (Å²) in [5.41, 5.74) is 0. The quantitative estimate of drug-likeness (QED) is 0.291. The van der Waals surface area contributed by atoms with Gasteiger partial charge in [-0.15, -0.1) is 0 Å². The Hall–Kier alpha value is -2.37. The second kappa shape index (κ2) is 11.6. The zero-order valence-corrected chi connectivity index (χ0v) is 24.8. The van der Waals surface area contributed by atoms with Crippen LogP contribution in [0, 0.1) is 0 Å². The Labute approximate surface area is 215 Å². The van der Waals surface area contributed by atoms with E-state index in [1.165, 1.54) is 0 Å². The van der Waals surface area contributed by atoms with E-state index in [9.17, 15) is 0 Å². The number of rotatable bonds is 10. The summed E-state index contributed by atoms with van der Waals surface area (Å²) >= 11 is 0. The molecule has 0 aliphatic carbocycles. The molecule has 4 aromatic carbocycles. The number of hydrogen-bond donors (Lipinski definition) is 0. The van der Waals surface area contributed by atoms with Crippen molar-refractivity contribution < 1.29 is 12.3 Å². The maximum Gasteiger partial charge on any atom is 0.388 e. The minimum atomic E-state index is -3.18. The van der Waals surface area contributed by atoms with Gasteiger partial charge in [-0.2, -0.15) is 0 Å². The van der Waals surface area contributed by atoms with Gasteiger partial charge in [0.15, 0.2) is 18.1 Å². The van der Waals surface area contributed by atoms with Gasteiger partial charge < -0.3 is 12.3 Å². The Morgan fingerprint density at radius 2 is 0.629 bits per heavy atom. The first-order valence-electron chi connectivity index (χ1n) is 11.9. The summed E-state index contributed by atoms with van der Waals surface area (Å²) in [6, 6.07) is 42.1. The Bertz CT molecular complexity index is 1000. The predicted octanol–water partition coefficient (Wildman–Crippen LogP) is 4.05. The van der Waals surface area contributed by atoms with E-state index in [1.54, 1.807) is 0 Å². The van der Waals surface area contributed by atoms with Crippen molar-refractivity contribution in [3.63, 3.8) is 0 Å². The molecule has 0 heterocycles. The van der Waals surface area contributed by atoms with Crippen LogP contribution in [0.25, 0.3) is 0 Å². The molecule has 0 bridgehead atoms. The van der Waals surface area contributed by atoms with Crippen LogP contribution in [0.5, 0.6) is 0 Å². The highest BCUT2D eigenvalue weighted by Gasteiger charge is 2.54. The summed E-state index contributed by atoms with van der Waals surface area (Å²) in [6.45, 7) is 8.74. The fourth-order valence-corrected chi connectivity index (χ4v) is 18.5. The molecule has 178 valence electrons. The minimum absolute atomic E-state index is 1.10. The molecule has 0 saturated heterocycles. The fourth-order valence-electron chi connectivity index (χ4n) is 4.25. The summed E-state index contributed by atoms with van der Waals surface area (Å²) in [5.74, 6) is 0. The summed E-state index contributed by atoms with van der Waals surface area (Å²) < 4.78 is 21.8. The highest BCUT2D eigenvalue weighted by Crippen LogP contribution is 2.21. The molecule has 4 rings (SSSR count). The lowest BCUT2D eigenvalue weighted by Gasteiger charge is -2.43. The Kier molecular flexibility index (Phi) is 8.50. The van der Waals surface area contributed by atoms with Crippen LogP contribution in [-0.2, 0) is 12.3 Å². The molecule has 0 fully saturated rings. The average molecular weight is 529 g/mol. The van der Waals surface area contributed by atoms with E-state index in [0.717, 1.165) is 20.7 Å². The third kappa shape index (κ3) is 5.73. The molecule has 0 saturated carbocycles. The largest absolute Gasteiger partial charge is 0.430 e. The molecule has 0 N–H and O–H groups in total. The van der Waals surface area contributed by atoms with Crippen molar-refractivity contribution in [3.8, 4) is 0 Å². The summed E-state index contributed by atoms with van der Waals surface area (Å²) in [7, 11) is -8.63. The van der Waals surface area contributed by atoms with Crippen LogP contribution in [-0.4, -0.2) is 35.2 Å². The van der Waals surface area contributed by atoms with Crippen LogP contribution in [0.15, 0.2) is 121 Å². The van der Waals surface area contributed by atoms with Gasteiger partial charge in [-0.05, 0) is 46.9 Å². The molecule has 0 aliphatic rings. The van der Waals surface area contributed by atoms with Crippen molar-refractivity contribution in [1.29, 1.82) is 0 Å². The zero-order valence-electron chi connectivity index (χ0n) is 20.8. The van der Waals surface area contributed by atoms with E-state index >= 15 is 0 Å². The van der Waals surface area contributed by atoms with Crippen molar-refractivity contribution in [3.05, 3.63) is 121 Å². The van der Waals surface area contributed by atoms with Crippen molar-refractivity contribution in [2.75, 3.05) is 0 Å². The minimum Gasteiger partial charge on any atom is -0.430 e. The van der Waals surface area contributed by atoms with E-state index in [4.69, 9.17) is 12.3 Å². The second-order valence-electron chi connectivity index (χ2n) is 8.82. The van der Waals surface area contributed by atoms with Crippen LogP contribution in [0.2, 0.25) is 26.2 Å². The van der Waals surface area contributed by atoms with Gasteiger partial charge >= 0.3 is 17.1 Å². The van der Waals surface area contributed by atoms with Crippen LogP contribution in [0.4, 0.5) is 0 Å². The van der Waals surface area contributed by atoms with Gasteiger partial charge in [-0.1, -0.05) is 121 Å². The van der Waals surface area contributed by atoms with Gasteiger partial charge in [0.05, 0.1) is 0 Å². The lowest BCUT2D eigenvalue weighted by Crippen LogP contribution is -2.76. The smallest absolute Gasteiger partial charge is 0.388 e. The molecular formula is C28H32O3Si4. The maximum absolute atomic E-state index is 7.68. The van der Waals surface area contributed by atoms with Gasteiger partial charge in [-0.25, -0.2) is 0 Å². The molecule has 0 spiro atoms. The molecule has 2 radical (unpaired) electrons. The van der Waals surface area contributed by atoms with E-state index < -0.39 is 35.2 Å². The summed E-state index contributed by atoms with van der Waals surface area (Å²) in [4.78, 5) is 0. The number of hydrogen-bond acceptors (Lipinski definition) is 3. The average Bonchev–Trinajstić information content (AvgIpc) is 2.89. The first kappa shape index (κ1) is 25.7. The van der Waals surface area contributed by atoms with Crippen LogP contribution in [0.1, 0.15) is 0 Å². The van der Waals surface area contributed by atoms with Gasteiger partial charge in [0, 0.05) is 0 Å². The summed E-state index contributed by atoms with van der Waals surface area (Å²) in [5, 5.41) is 4.41. The van der Waals surface area contributed by atoms with Crippen LogP contribution < -0.4 is 20.7 Å². The van der Waals surface area contributed by atoms with E-state index in [1.807, 2.05) is 24.3 Å². The van der Waals surface area contributed by atoms with E-state index in [0.29, 0.717) is 0 Å². The molecule has 0 amide bonds. The van der Waals surface area contributed by atoms with Crippen LogP contribution >= 0.6 is 0 Å². The monoisotopic (exact) mass is 528 g/mol. The zero-order chi connectivity index (χ0) is 24.7. The third-order valence-electron chi connectivity index (χ3n) is 5.60. The van der Waals surface area contributed by atoms with Gasteiger partial charge in [0.2, 0.25) is 0 Å². The molecule has 0 unspecified atom stereocenters. The first-order valence-corrected chi connectivity index (χ1v) is 20.3. The molecule has 0 atom stereocenters. The standard InChI is InChI=1S/C28H32O3Si4/c1-32(2)29-34(25-17-9-5-10-18-25,26-19-11-6-12-20-26)31-35(30-33(3)4,27-21-13-7-14-22-27)28-23-15-8-16-24-28/h5-24H,1-4H3. The Morgan fingerprint density at radius 3 is 0.829 bits per heavy atom. The molecule has 0 aromatic heterocycles. The SMILES string of the molecule is C[Si](C)O[Si](O[Si](O[Si](C)C)(c1ccccc1)c1ccccc1)(c1ccccc1)c1ccccc1. The molecular weight excluding hydrogens is 497 g/mol.